The lowest BCUT2D eigenvalue weighted by molar-refractivity contribution is -0.155. The van der Waals surface area contributed by atoms with Gasteiger partial charge in [-0.25, -0.2) is 0 Å². The van der Waals surface area contributed by atoms with Gasteiger partial charge in [0, 0.05) is 24.6 Å². The van der Waals surface area contributed by atoms with Crippen molar-refractivity contribution >= 4 is 17.5 Å². The number of nitrogens with one attached hydrogen (secondary N) is 1. The number of hydrogen-bond donors (Lipinski definition) is 2. The van der Waals surface area contributed by atoms with Crippen molar-refractivity contribution in [1.82, 2.24) is 9.88 Å². The zero-order valence-corrected chi connectivity index (χ0v) is 17.6. The lowest BCUT2D eigenvalue weighted by Crippen LogP contribution is -2.53. The summed E-state index contributed by atoms with van der Waals surface area (Å²) >= 11 is 0. The first-order valence-corrected chi connectivity index (χ1v) is 11.0. The van der Waals surface area contributed by atoms with Gasteiger partial charge in [0.25, 0.3) is 5.91 Å². The van der Waals surface area contributed by atoms with Gasteiger partial charge in [0.15, 0.2) is 0 Å². The van der Waals surface area contributed by atoms with Crippen LogP contribution in [0.4, 0.5) is 5.69 Å². The van der Waals surface area contributed by atoms with Gasteiger partial charge in [-0.15, -0.1) is 0 Å². The Balaban J connectivity index is 1.42. The van der Waals surface area contributed by atoms with Crippen LogP contribution in [0.5, 0.6) is 0 Å². The van der Waals surface area contributed by atoms with E-state index in [2.05, 4.69) is 10.3 Å². The number of aromatic nitrogens is 1. The Labute approximate surface area is 182 Å². The van der Waals surface area contributed by atoms with Crippen LogP contribution in [-0.4, -0.2) is 52.6 Å². The molecule has 2 aliphatic rings. The summed E-state index contributed by atoms with van der Waals surface area (Å²) in [5.41, 5.74) is 1.79. The van der Waals surface area contributed by atoms with Gasteiger partial charge in [0.1, 0.15) is 12.7 Å². The maximum Gasteiger partial charge on any atom is 0.257 e. The van der Waals surface area contributed by atoms with Crippen LogP contribution in [0.1, 0.15) is 54.1 Å². The molecule has 0 radical (unpaired) electrons. The zero-order valence-electron chi connectivity index (χ0n) is 17.6. The molecule has 0 bridgehead atoms. The number of aliphatic hydroxyl groups is 1. The maximum absolute atomic E-state index is 12.6. The van der Waals surface area contributed by atoms with E-state index in [-0.39, 0.29) is 18.4 Å². The van der Waals surface area contributed by atoms with Crippen molar-refractivity contribution in [2.24, 2.45) is 5.92 Å². The Morgan fingerprint density at radius 3 is 2.68 bits per heavy atom. The lowest BCUT2D eigenvalue weighted by Gasteiger charge is -2.40. The van der Waals surface area contributed by atoms with Crippen molar-refractivity contribution in [3.05, 3.63) is 59.9 Å². The fraction of sp³-hybridized carbons (Fsp3) is 0.458. The molecule has 1 saturated heterocycles. The Hall–Kier alpha value is -2.77. The molecule has 4 rings (SSSR count). The topological polar surface area (TPSA) is 91.8 Å². The molecule has 1 aromatic carbocycles. The molecule has 1 aliphatic heterocycles. The third kappa shape index (κ3) is 5.29. The predicted octanol–water partition coefficient (Wildman–Crippen LogP) is 3.18. The first-order valence-electron chi connectivity index (χ1n) is 11.0. The number of pyridine rings is 1. The van der Waals surface area contributed by atoms with Gasteiger partial charge in [0.2, 0.25) is 5.91 Å². The van der Waals surface area contributed by atoms with Crippen molar-refractivity contribution < 1.29 is 19.4 Å². The molecule has 1 aliphatic carbocycles. The molecule has 0 spiro atoms. The van der Waals surface area contributed by atoms with Crippen LogP contribution in [0, 0.1) is 5.92 Å². The highest BCUT2D eigenvalue weighted by Gasteiger charge is 2.36. The van der Waals surface area contributed by atoms with E-state index in [1.54, 1.807) is 42.6 Å². The molecule has 2 atom stereocenters. The minimum Gasteiger partial charge on any atom is -0.386 e. The van der Waals surface area contributed by atoms with Gasteiger partial charge < -0.3 is 20.1 Å². The summed E-state index contributed by atoms with van der Waals surface area (Å²) in [6.45, 7) is 1.08. The minimum atomic E-state index is -0.851. The Kier molecular flexibility index (Phi) is 6.94. The Morgan fingerprint density at radius 1 is 1.19 bits per heavy atom. The summed E-state index contributed by atoms with van der Waals surface area (Å²) in [6.07, 6.45) is 8.24. The average molecular weight is 424 g/mol. The summed E-state index contributed by atoms with van der Waals surface area (Å²) in [6, 6.07) is 10.1. The number of carbonyl (C=O) groups is 2. The molecule has 2 aromatic rings. The van der Waals surface area contributed by atoms with E-state index >= 15 is 0 Å². The van der Waals surface area contributed by atoms with Crippen molar-refractivity contribution in [2.45, 2.75) is 44.2 Å². The molecule has 1 saturated carbocycles. The summed E-state index contributed by atoms with van der Waals surface area (Å²) in [7, 11) is 0. The van der Waals surface area contributed by atoms with E-state index in [0.29, 0.717) is 35.9 Å². The van der Waals surface area contributed by atoms with Crippen LogP contribution in [0.2, 0.25) is 0 Å². The van der Waals surface area contributed by atoms with Gasteiger partial charge in [-0.05, 0) is 48.6 Å². The van der Waals surface area contributed by atoms with Crippen LogP contribution in [0.3, 0.4) is 0 Å². The largest absolute Gasteiger partial charge is 0.386 e. The smallest absolute Gasteiger partial charge is 0.257 e. The number of amides is 2. The number of carbonyl (C=O) groups excluding carboxylic acids is 2. The number of rotatable bonds is 6. The maximum atomic E-state index is 12.6. The number of benzene rings is 1. The zero-order chi connectivity index (χ0) is 21.6. The molecule has 7 heteroatoms. The standard InChI is InChI=1S/C24H29N3O4/c28-22-16-31-15-21(27(22)14-17-5-2-1-3-6-17)23(29)18-8-10-20(11-9-18)26-24(30)19-7-4-12-25-13-19/h4,7-13,17,21,23,29H,1-3,5-6,14-16H2,(H,26,30). The highest BCUT2D eigenvalue weighted by Crippen LogP contribution is 2.30. The number of ether oxygens (including phenoxy) is 1. The van der Waals surface area contributed by atoms with Crippen LogP contribution < -0.4 is 5.32 Å². The molecule has 2 amide bonds. The number of nitrogens with zero attached hydrogens (tertiary/aromatic N) is 2. The van der Waals surface area contributed by atoms with E-state index in [1.807, 2.05) is 4.90 Å². The summed E-state index contributed by atoms with van der Waals surface area (Å²) in [5, 5.41) is 13.9. The quantitative estimate of drug-likeness (QED) is 0.745. The Morgan fingerprint density at radius 2 is 1.97 bits per heavy atom. The van der Waals surface area contributed by atoms with Gasteiger partial charge in [0.05, 0.1) is 18.2 Å². The molecule has 2 heterocycles. The Bertz CT molecular complexity index is 881. The molecule has 7 nitrogen and oxygen atoms in total. The van der Waals surface area contributed by atoms with Crippen molar-refractivity contribution in [2.75, 3.05) is 25.1 Å². The third-order valence-corrected chi connectivity index (χ3v) is 6.21. The molecule has 31 heavy (non-hydrogen) atoms. The van der Waals surface area contributed by atoms with Crippen LogP contribution in [0.15, 0.2) is 48.8 Å². The number of anilines is 1. The molecular weight excluding hydrogens is 394 g/mol. The summed E-state index contributed by atoms with van der Waals surface area (Å²) in [4.78, 5) is 30.6. The second-order valence-electron chi connectivity index (χ2n) is 8.40. The van der Waals surface area contributed by atoms with Gasteiger partial charge in [-0.3, -0.25) is 14.6 Å². The molecule has 2 fully saturated rings. The monoisotopic (exact) mass is 423 g/mol. The molecule has 1 aromatic heterocycles. The van der Waals surface area contributed by atoms with Crippen LogP contribution in [0.25, 0.3) is 0 Å². The van der Waals surface area contributed by atoms with Gasteiger partial charge in [-0.2, -0.15) is 0 Å². The number of hydrogen-bond acceptors (Lipinski definition) is 5. The fourth-order valence-electron chi connectivity index (χ4n) is 4.46. The predicted molar refractivity (Wildman–Crippen MR) is 116 cm³/mol. The third-order valence-electron chi connectivity index (χ3n) is 6.21. The van der Waals surface area contributed by atoms with Crippen molar-refractivity contribution in [1.29, 1.82) is 0 Å². The fourth-order valence-corrected chi connectivity index (χ4v) is 4.46. The second kappa shape index (κ2) is 10.0. The normalized spacial score (nSPS) is 21.0. The first kappa shape index (κ1) is 21.5. The molecule has 164 valence electrons. The molecule has 2 N–H and O–H groups in total. The highest BCUT2D eigenvalue weighted by molar-refractivity contribution is 6.04. The summed E-state index contributed by atoms with van der Waals surface area (Å²) < 4.78 is 5.47. The van der Waals surface area contributed by atoms with Crippen molar-refractivity contribution in [3.63, 3.8) is 0 Å². The second-order valence-corrected chi connectivity index (χ2v) is 8.40. The van der Waals surface area contributed by atoms with E-state index in [4.69, 9.17) is 4.74 Å². The van der Waals surface area contributed by atoms with Crippen LogP contribution in [-0.2, 0) is 9.53 Å². The van der Waals surface area contributed by atoms with Crippen LogP contribution >= 0.6 is 0 Å². The van der Waals surface area contributed by atoms with E-state index in [1.165, 1.54) is 25.5 Å². The number of morpholine rings is 1. The molecular formula is C24H29N3O4. The van der Waals surface area contributed by atoms with E-state index in [9.17, 15) is 14.7 Å². The highest BCUT2D eigenvalue weighted by atomic mass is 16.5. The first-order chi connectivity index (χ1) is 15.1. The molecule has 2 unspecified atom stereocenters. The SMILES string of the molecule is O=C(Nc1ccc(C(O)C2COCC(=O)N2CC2CCCCC2)cc1)c1cccnc1. The van der Waals surface area contributed by atoms with Gasteiger partial charge in [-0.1, -0.05) is 31.4 Å². The lowest BCUT2D eigenvalue weighted by atomic mass is 9.88. The number of aliphatic hydroxyl groups excluding tert-OH is 1. The average Bonchev–Trinajstić information content (AvgIpc) is 2.82. The van der Waals surface area contributed by atoms with Crippen molar-refractivity contribution in [3.8, 4) is 0 Å². The minimum absolute atomic E-state index is 0.0544. The van der Waals surface area contributed by atoms with Gasteiger partial charge >= 0.3 is 0 Å². The van der Waals surface area contributed by atoms with E-state index < -0.39 is 12.1 Å². The summed E-state index contributed by atoms with van der Waals surface area (Å²) in [5.74, 6) is 0.197. The van der Waals surface area contributed by atoms with E-state index in [0.717, 1.165) is 12.8 Å².